The molecule has 6 rings (SSSR count). The van der Waals surface area contributed by atoms with E-state index < -0.39 is 23.9 Å². The fraction of sp³-hybridized carbons (Fsp3) is 0.273. The Morgan fingerprint density at radius 2 is 1.77 bits per heavy atom. The van der Waals surface area contributed by atoms with E-state index in [2.05, 4.69) is 4.98 Å². The average molecular weight is 402 g/mol. The van der Waals surface area contributed by atoms with Gasteiger partial charge in [0.25, 0.3) is 11.5 Å². The lowest BCUT2D eigenvalue weighted by molar-refractivity contribution is -0.158. The first-order valence-corrected chi connectivity index (χ1v) is 9.86. The second kappa shape index (κ2) is 5.54. The molecular weight excluding hydrogens is 384 g/mol. The zero-order chi connectivity index (χ0) is 20.8. The first-order valence-electron chi connectivity index (χ1n) is 9.86. The van der Waals surface area contributed by atoms with Crippen molar-refractivity contribution < 1.29 is 14.7 Å². The maximum atomic E-state index is 13.5. The SMILES string of the molecule is C[C@@H]1C(=O)N2c3ccccc3[C@@]3(O)C[C@H](n4cnc5ccccc5c4=O)C(=O)N1[C@H]23. The van der Waals surface area contributed by atoms with Gasteiger partial charge in [-0.2, -0.15) is 0 Å². The van der Waals surface area contributed by atoms with Crippen molar-refractivity contribution in [1.29, 1.82) is 0 Å². The van der Waals surface area contributed by atoms with Crippen LogP contribution in [0.2, 0.25) is 0 Å². The lowest BCUT2D eigenvalue weighted by atomic mass is 9.82. The predicted octanol–water partition coefficient (Wildman–Crippen LogP) is 1.13. The number of para-hydroxylation sites is 2. The minimum Gasteiger partial charge on any atom is -0.381 e. The Morgan fingerprint density at radius 1 is 1.03 bits per heavy atom. The number of carbonyl (C=O) groups excluding carboxylic acids is 2. The minimum atomic E-state index is -1.47. The van der Waals surface area contributed by atoms with Crippen LogP contribution in [0.15, 0.2) is 59.7 Å². The molecule has 4 heterocycles. The van der Waals surface area contributed by atoms with Gasteiger partial charge in [-0.3, -0.25) is 23.9 Å². The molecule has 2 amide bonds. The normalized spacial score (nSPS) is 29.5. The molecule has 2 fully saturated rings. The smallest absolute Gasteiger partial charge is 0.261 e. The molecule has 0 bridgehead atoms. The van der Waals surface area contributed by atoms with Crippen LogP contribution in [0, 0.1) is 0 Å². The van der Waals surface area contributed by atoms with E-state index >= 15 is 0 Å². The molecule has 2 saturated heterocycles. The summed E-state index contributed by atoms with van der Waals surface area (Å²) in [5.41, 5.74) is -0.0647. The summed E-state index contributed by atoms with van der Waals surface area (Å²) in [4.78, 5) is 47.0. The lowest BCUT2D eigenvalue weighted by Crippen LogP contribution is -2.61. The Kier molecular flexibility index (Phi) is 3.21. The highest BCUT2D eigenvalue weighted by Gasteiger charge is 2.66. The monoisotopic (exact) mass is 402 g/mol. The predicted molar refractivity (Wildman–Crippen MR) is 108 cm³/mol. The van der Waals surface area contributed by atoms with Crippen LogP contribution < -0.4 is 10.5 Å². The third-order valence-corrected chi connectivity index (χ3v) is 6.65. The van der Waals surface area contributed by atoms with E-state index in [1.807, 2.05) is 0 Å². The maximum absolute atomic E-state index is 13.5. The first kappa shape index (κ1) is 17.3. The molecule has 1 N–H and O–H groups in total. The summed E-state index contributed by atoms with van der Waals surface area (Å²) in [6.07, 6.45) is 0.545. The number of aromatic nitrogens is 2. The Hall–Kier alpha value is -3.52. The van der Waals surface area contributed by atoms with Crippen LogP contribution in [0.25, 0.3) is 10.9 Å². The van der Waals surface area contributed by atoms with Crippen molar-refractivity contribution in [2.75, 3.05) is 4.90 Å². The molecule has 30 heavy (non-hydrogen) atoms. The van der Waals surface area contributed by atoms with Gasteiger partial charge in [0.1, 0.15) is 23.9 Å². The highest BCUT2D eigenvalue weighted by Crippen LogP contribution is 2.55. The number of piperidine rings is 1. The Bertz CT molecular complexity index is 1320. The highest BCUT2D eigenvalue weighted by atomic mass is 16.3. The Morgan fingerprint density at radius 3 is 2.60 bits per heavy atom. The molecule has 0 saturated carbocycles. The summed E-state index contributed by atoms with van der Waals surface area (Å²) in [5, 5.41) is 12.2. The number of nitrogens with zero attached hydrogens (tertiary/aromatic N) is 4. The van der Waals surface area contributed by atoms with Gasteiger partial charge in [0, 0.05) is 12.0 Å². The van der Waals surface area contributed by atoms with Crippen molar-refractivity contribution >= 4 is 28.4 Å². The fourth-order valence-electron chi connectivity index (χ4n) is 5.26. The van der Waals surface area contributed by atoms with Crippen molar-refractivity contribution in [2.24, 2.45) is 0 Å². The van der Waals surface area contributed by atoms with Crippen molar-refractivity contribution in [2.45, 2.75) is 37.2 Å². The molecule has 0 spiro atoms. The van der Waals surface area contributed by atoms with Crippen LogP contribution in [0.3, 0.4) is 0 Å². The molecule has 0 unspecified atom stereocenters. The average Bonchev–Trinajstić information content (AvgIpc) is 3.18. The Balaban J connectivity index is 1.57. The zero-order valence-corrected chi connectivity index (χ0v) is 16.1. The number of rotatable bonds is 1. The largest absolute Gasteiger partial charge is 0.381 e. The maximum Gasteiger partial charge on any atom is 0.261 e. The summed E-state index contributed by atoms with van der Waals surface area (Å²) >= 11 is 0. The number of aliphatic hydroxyl groups is 1. The molecule has 3 aromatic rings. The van der Waals surface area contributed by atoms with Gasteiger partial charge < -0.3 is 10.0 Å². The van der Waals surface area contributed by atoms with Gasteiger partial charge in [-0.1, -0.05) is 30.3 Å². The Labute approximate surface area is 171 Å². The molecule has 150 valence electrons. The van der Waals surface area contributed by atoms with Crippen molar-refractivity contribution in [3.63, 3.8) is 0 Å². The number of carbonyl (C=O) groups is 2. The summed E-state index contributed by atoms with van der Waals surface area (Å²) in [5.74, 6) is -0.596. The van der Waals surface area contributed by atoms with E-state index in [9.17, 15) is 19.5 Å². The number of fused-ring (bicyclic) bond motifs is 4. The summed E-state index contributed by atoms with van der Waals surface area (Å²) in [6.45, 7) is 1.66. The van der Waals surface area contributed by atoms with E-state index in [0.717, 1.165) is 0 Å². The van der Waals surface area contributed by atoms with Crippen LogP contribution >= 0.6 is 0 Å². The van der Waals surface area contributed by atoms with Gasteiger partial charge in [-0.05, 0) is 25.1 Å². The molecule has 2 aromatic carbocycles. The van der Waals surface area contributed by atoms with E-state index in [4.69, 9.17) is 0 Å². The third kappa shape index (κ3) is 1.89. The van der Waals surface area contributed by atoms with Gasteiger partial charge in [0.05, 0.1) is 22.9 Å². The molecule has 0 radical (unpaired) electrons. The molecular formula is C22H18N4O4. The van der Waals surface area contributed by atoms with Gasteiger partial charge in [0.15, 0.2) is 0 Å². The topological polar surface area (TPSA) is 95.7 Å². The molecule has 3 aliphatic rings. The van der Waals surface area contributed by atoms with Gasteiger partial charge in [-0.15, -0.1) is 0 Å². The number of hydrogen-bond donors (Lipinski definition) is 1. The third-order valence-electron chi connectivity index (χ3n) is 6.65. The van der Waals surface area contributed by atoms with Crippen LogP contribution in [-0.4, -0.2) is 43.6 Å². The lowest BCUT2D eigenvalue weighted by Gasteiger charge is -2.44. The van der Waals surface area contributed by atoms with Crippen molar-refractivity contribution in [3.8, 4) is 0 Å². The molecule has 8 nitrogen and oxygen atoms in total. The quantitative estimate of drug-likeness (QED) is 0.658. The van der Waals surface area contributed by atoms with Gasteiger partial charge >= 0.3 is 0 Å². The number of anilines is 1. The number of hydrogen-bond acceptors (Lipinski definition) is 5. The molecule has 3 aliphatic heterocycles. The zero-order valence-electron chi connectivity index (χ0n) is 16.1. The van der Waals surface area contributed by atoms with Crippen LogP contribution in [0.4, 0.5) is 5.69 Å². The molecule has 4 atom stereocenters. The van der Waals surface area contributed by atoms with Crippen LogP contribution in [0.5, 0.6) is 0 Å². The van der Waals surface area contributed by atoms with E-state index in [-0.39, 0.29) is 23.8 Å². The summed E-state index contributed by atoms with van der Waals surface area (Å²) in [6, 6.07) is 12.4. The second-order valence-corrected chi connectivity index (χ2v) is 8.14. The van der Waals surface area contributed by atoms with Gasteiger partial charge in [-0.25, -0.2) is 4.98 Å². The van der Waals surface area contributed by atoms with Gasteiger partial charge in [0.2, 0.25) is 5.91 Å². The van der Waals surface area contributed by atoms with Crippen LogP contribution in [0.1, 0.15) is 24.9 Å². The standard InChI is InChI=1S/C22H18N4O4/c1-12-18(27)26-16-9-5-3-7-14(16)22(30)10-17(20(29)25(12)21(22)26)24-11-23-15-8-4-2-6-13(15)19(24)28/h2-9,11-12,17,21,30H,10H2,1H3/t12-,17+,21-,22+/m1/s1. The summed E-state index contributed by atoms with van der Waals surface area (Å²) in [7, 11) is 0. The number of amides is 2. The van der Waals surface area contributed by atoms with E-state index in [0.29, 0.717) is 22.2 Å². The van der Waals surface area contributed by atoms with E-state index in [1.165, 1.54) is 20.7 Å². The second-order valence-electron chi connectivity index (χ2n) is 8.14. The fourth-order valence-corrected chi connectivity index (χ4v) is 5.26. The molecule has 0 aliphatic carbocycles. The van der Waals surface area contributed by atoms with Crippen molar-refractivity contribution in [1.82, 2.24) is 14.5 Å². The molecule has 1 aromatic heterocycles. The van der Waals surface area contributed by atoms with Crippen LogP contribution in [-0.2, 0) is 15.2 Å². The highest BCUT2D eigenvalue weighted by molar-refractivity contribution is 6.06. The summed E-state index contributed by atoms with van der Waals surface area (Å²) < 4.78 is 1.29. The molecule has 8 heteroatoms. The first-order chi connectivity index (χ1) is 14.4. The number of benzene rings is 2. The minimum absolute atomic E-state index is 0.0135. The van der Waals surface area contributed by atoms with Crippen molar-refractivity contribution in [3.05, 3.63) is 70.8 Å². The van der Waals surface area contributed by atoms with E-state index in [1.54, 1.807) is 55.5 Å².